The van der Waals surface area contributed by atoms with E-state index in [1.165, 1.54) is 16.5 Å². The van der Waals surface area contributed by atoms with Crippen LogP contribution in [-0.4, -0.2) is 50.1 Å². The predicted octanol–water partition coefficient (Wildman–Crippen LogP) is 4.17. The molecule has 2 aliphatic rings. The molecule has 2 aromatic rings. The SMILES string of the molecule is O=C(Cc1ccc(S(F)(F)(F)(F)F)cc1)N(Cc1ccnc(C2(O)COC2)c1)C1C=CS(=O)C1. The van der Waals surface area contributed by atoms with Crippen LogP contribution < -0.4 is 0 Å². The molecule has 1 saturated heterocycles. The molecule has 1 fully saturated rings. The van der Waals surface area contributed by atoms with E-state index in [0.717, 1.165) is 12.1 Å². The van der Waals surface area contributed by atoms with E-state index in [9.17, 15) is 33.5 Å². The second kappa shape index (κ2) is 7.83. The van der Waals surface area contributed by atoms with Crippen molar-refractivity contribution in [1.82, 2.24) is 9.88 Å². The molecule has 2 aliphatic heterocycles. The Bertz CT molecular complexity index is 1170. The number of hydrogen-bond acceptors (Lipinski definition) is 5. The first-order valence-electron chi connectivity index (χ1n) is 10.1. The van der Waals surface area contributed by atoms with Gasteiger partial charge in [-0.25, -0.2) is 0 Å². The van der Waals surface area contributed by atoms with E-state index in [2.05, 4.69) is 4.98 Å². The van der Waals surface area contributed by atoms with E-state index < -0.39 is 43.5 Å². The lowest BCUT2D eigenvalue weighted by Gasteiger charge is -2.40. The Hall–Kier alpha value is -2.35. The van der Waals surface area contributed by atoms with Crippen LogP contribution in [0.25, 0.3) is 0 Å². The molecule has 34 heavy (non-hydrogen) atoms. The molecule has 1 amide bonds. The zero-order valence-corrected chi connectivity index (χ0v) is 19.2. The molecule has 0 aliphatic carbocycles. The summed E-state index contributed by atoms with van der Waals surface area (Å²) in [6.07, 6.45) is 2.75. The molecule has 0 saturated carbocycles. The van der Waals surface area contributed by atoms with Gasteiger partial charge in [-0.15, -0.1) is 0 Å². The Morgan fingerprint density at radius 1 is 1.15 bits per heavy atom. The fourth-order valence-corrected chi connectivity index (χ4v) is 5.40. The molecule has 186 valence electrons. The highest BCUT2D eigenvalue weighted by atomic mass is 32.5. The number of benzene rings is 1. The molecule has 0 bridgehead atoms. The number of aromatic nitrogens is 1. The van der Waals surface area contributed by atoms with Gasteiger partial charge in [0.15, 0.2) is 5.60 Å². The largest absolute Gasteiger partial charge is 0.379 e. The highest BCUT2D eigenvalue weighted by Gasteiger charge is 2.65. The predicted molar refractivity (Wildman–Crippen MR) is 117 cm³/mol. The van der Waals surface area contributed by atoms with Crippen LogP contribution in [0.2, 0.25) is 0 Å². The number of amides is 1. The van der Waals surface area contributed by atoms with Gasteiger partial charge in [0.05, 0.1) is 37.1 Å². The van der Waals surface area contributed by atoms with Crippen molar-refractivity contribution in [3.63, 3.8) is 0 Å². The van der Waals surface area contributed by atoms with Gasteiger partial charge in [-0.1, -0.05) is 37.6 Å². The van der Waals surface area contributed by atoms with Crippen molar-refractivity contribution in [3.05, 3.63) is 70.9 Å². The maximum Gasteiger partial charge on any atom is 0.310 e. The maximum absolute atomic E-state index is 13.1. The van der Waals surface area contributed by atoms with Crippen molar-refractivity contribution in [1.29, 1.82) is 0 Å². The lowest BCUT2D eigenvalue weighted by Crippen LogP contribution is -2.47. The molecule has 2 unspecified atom stereocenters. The van der Waals surface area contributed by atoms with Crippen LogP contribution >= 0.6 is 10.2 Å². The summed E-state index contributed by atoms with van der Waals surface area (Å²) in [5, 5.41) is 11.9. The average Bonchev–Trinajstić information content (AvgIpc) is 3.15. The van der Waals surface area contributed by atoms with Crippen molar-refractivity contribution < 1.29 is 38.3 Å². The van der Waals surface area contributed by atoms with E-state index in [0.29, 0.717) is 11.3 Å². The molecule has 1 aromatic carbocycles. The monoisotopic (exact) mass is 524 g/mol. The minimum atomic E-state index is -9.80. The van der Waals surface area contributed by atoms with Crippen LogP contribution in [0.4, 0.5) is 19.4 Å². The van der Waals surface area contributed by atoms with E-state index in [1.807, 2.05) is 0 Å². The number of hydrogen-bond donors (Lipinski definition) is 1. The van der Waals surface area contributed by atoms with Crippen LogP contribution in [0.5, 0.6) is 0 Å². The fraction of sp³-hybridized carbons (Fsp3) is 0.333. The van der Waals surface area contributed by atoms with Gasteiger partial charge in [-0.3, -0.25) is 14.0 Å². The zero-order valence-electron chi connectivity index (χ0n) is 17.6. The van der Waals surface area contributed by atoms with Crippen molar-refractivity contribution in [2.75, 3.05) is 19.0 Å². The van der Waals surface area contributed by atoms with Crippen molar-refractivity contribution in [2.45, 2.75) is 29.5 Å². The van der Waals surface area contributed by atoms with Gasteiger partial charge in [0, 0.05) is 28.9 Å². The molecule has 6 nitrogen and oxygen atoms in total. The van der Waals surface area contributed by atoms with Crippen molar-refractivity contribution >= 4 is 26.9 Å². The third-order valence-corrected chi connectivity index (χ3v) is 7.86. The quantitative estimate of drug-likeness (QED) is 0.550. The summed E-state index contributed by atoms with van der Waals surface area (Å²) >= 11 is 0. The highest BCUT2D eigenvalue weighted by molar-refractivity contribution is 8.45. The Labute approximate surface area is 194 Å². The topological polar surface area (TPSA) is 79.7 Å². The number of rotatable bonds is 7. The molecular weight excluding hydrogens is 503 g/mol. The third kappa shape index (κ3) is 5.48. The van der Waals surface area contributed by atoms with Gasteiger partial charge in [0.25, 0.3) is 0 Å². The molecule has 0 spiro atoms. The maximum atomic E-state index is 13.1. The van der Waals surface area contributed by atoms with Crippen LogP contribution in [-0.2, 0) is 38.9 Å². The number of nitrogens with zero attached hydrogens (tertiary/aromatic N) is 2. The van der Waals surface area contributed by atoms with Gasteiger partial charge in [-0.2, -0.15) is 0 Å². The minimum Gasteiger partial charge on any atom is -0.379 e. The molecule has 13 heteroatoms. The molecule has 1 aromatic heterocycles. The summed E-state index contributed by atoms with van der Waals surface area (Å²) in [5.41, 5.74) is -0.0913. The number of pyridine rings is 1. The number of carbonyl (C=O) groups excluding carboxylic acids is 1. The van der Waals surface area contributed by atoms with Crippen LogP contribution in [0.1, 0.15) is 16.8 Å². The molecule has 2 atom stereocenters. The minimum absolute atomic E-state index is 0.0566. The summed E-state index contributed by atoms with van der Waals surface area (Å²) < 4.78 is 81.7. The third-order valence-electron chi connectivity index (χ3n) is 5.57. The second-order valence-corrected chi connectivity index (χ2v) is 12.1. The zero-order chi connectivity index (χ0) is 24.8. The number of carbonyl (C=O) groups is 1. The van der Waals surface area contributed by atoms with Crippen LogP contribution in [0, 0.1) is 0 Å². The smallest absolute Gasteiger partial charge is 0.310 e. The van der Waals surface area contributed by atoms with E-state index in [-0.39, 0.29) is 49.6 Å². The number of ether oxygens (including phenoxy) is 1. The highest BCUT2D eigenvalue weighted by Crippen LogP contribution is 3.02. The number of halogens is 5. The standard InChI is InChI=1S/C21H21F5N2O4S2/c22-34(23,24,25,26)18-3-1-15(2-4-18)10-20(29)28(17-6-8-33(31)12-17)11-16-5-7-27-19(9-16)21(30)13-32-14-21/h1-9,17,30H,10-14H2. The summed E-state index contributed by atoms with van der Waals surface area (Å²) in [4.78, 5) is 16.7. The summed E-state index contributed by atoms with van der Waals surface area (Å²) in [6.45, 7) is 0.234. The Morgan fingerprint density at radius 2 is 1.82 bits per heavy atom. The van der Waals surface area contributed by atoms with Gasteiger partial charge < -0.3 is 14.7 Å². The molecule has 0 radical (unpaired) electrons. The average molecular weight is 525 g/mol. The Balaban J connectivity index is 1.55. The van der Waals surface area contributed by atoms with Gasteiger partial charge in [0.2, 0.25) is 5.91 Å². The van der Waals surface area contributed by atoms with E-state index in [4.69, 9.17) is 4.74 Å². The normalized spacial score (nSPS) is 23.6. The van der Waals surface area contributed by atoms with Gasteiger partial charge in [0.1, 0.15) is 4.90 Å². The van der Waals surface area contributed by atoms with E-state index >= 15 is 0 Å². The summed E-state index contributed by atoms with van der Waals surface area (Å²) in [6, 6.07) is 4.99. The van der Waals surface area contributed by atoms with Gasteiger partial charge in [-0.05, 0) is 35.4 Å². The lowest BCUT2D eigenvalue weighted by atomic mass is 9.96. The first kappa shape index (κ1) is 24.8. The van der Waals surface area contributed by atoms with E-state index in [1.54, 1.807) is 18.2 Å². The molecular formula is C21H21F5N2O4S2. The Morgan fingerprint density at radius 3 is 2.35 bits per heavy atom. The van der Waals surface area contributed by atoms with Gasteiger partial charge >= 0.3 is 10.2 Å². The van der Waals surface area contributed by atoms with Crippen molar-refractivity contribution in [2.24, 2.45) is 0 Å². The van der Waals surface area contributed by atoms with Crippen LogP contribution in [0.3, 0.4) is 0 Å². The summed E-state index contributed by atoms with van der Waals surface area (Å²) in [7, 11) is -11.1. The first-order valence-corrected chi connectivity index (χ1v) is 13.4. The molecule has 1 N–H and O–H groups in total. The van der Waals surface area contributed by atoms with Crippen molar-refractivity contribution in [3.8, 4) is 0 Å². The first-order chi connectivity index (χ1) is 15.6. The Kier molecular flexibility index (Phi) is 5.71. The fourth-order valence-electron chi connectivity index (χ4n) is 3.65. The molecule has 3 heterocycles. The second-order valence-electron chi connectivity index (χ2n) is 8.33. The number of aliphatic hydroxyl groups is 1. The van der Waals surface area contributed by atoms with Crippen LogP contribution in [0.15, 0.2) is 59.0 Å². The molecule has 4 rings (SSSR count). The summed E-state index contributed by atoms with van der Waals surface area (Å²) in [5.74, 6) is -0.331. The lowest BCUT2D eigenvalue weighted by molar-refractivity contribution is -0.186.